The Morgan fingerprint density at radius 1 is 1.36 bits per heavy atom. The topological polar surface area (TPSA) is 50.4 Å². The fourth-order valence-electron chi connectivity index (χ4n) is 1.90. The maximum atomic E-state index is 11.9. The molecule has 2 rings (SSSR count). The third kappa shape index (κ3) is 5.34. The van der Waals surface area contributed by atoms with Gasteiger partial charge in [-0.2, -0.15) is 13.2 Å². The maximum Gasteiger partial charge on any atom is 0.405 e. The van der Waals surface area contributed by atoms with Crippen LogP contribution in [0.25, 0.3) is 6.08 Å². The molecule has 0 saturated carbocycles. The molecule has 1 aromatic carbocycles. The average Bonchev–Trinajstić information content (AvgIpc) is 2.44. The minimum Gasteiger partial charge on any atom is -0.489 e. The molecule has 1 aliphatic heterocycles. The Kier molecular flexibility index (Phi) is 5.47. The van der Waals surface area contributed by atoms with Crippen molar-refractivity contribution in [3.05, 3.63) is 33.8 Å². The lowest BCUT2D eigenvalue weighted by molar-refractivity contribution is -0.137. The minimum absolute atomic E-state index is 0.182. The fourth-order valence-corrected chi connectivity index (χ4v) is 2.27. The molecule has 1 aliphatic rings. The van der Waals surface area contributed by atoms with Gasteiger partial charge in [-0.1, -0.05) is 15.9 Å². The first-order chi connectivity index (χ1) is 10.3. The van der Waals surface area contributed by atoms with E-state index in [1.54, 1.807) is 5.32 Å². The van der Waals surface area contributed by atoms with Crippen molar-refractivity contribution in [2.45, 2.75) is 6.18 Å². The van der Waals surface area contributed by atoms with Crippen molar-refractivity contribution in [3.8, 4) is 5.75 Å². The van der Waals surface area contributed by atoms with Crippen LogP contribution in [0.2, 0.25) is 0 Å². The van der Waals surface area contributed by atoms with Gasteiger partial charge in [0.15, 0.2) is 0 Å². The van der Waals surface area contributed by atoms with Crippen LogP contribution in [0, 0.1) is 0 Å². The molecule has 22 heavy (non-hydrogen) atoms. The molecule has 0 aliphatic carbocycles. The van der Waals surface area contributed by atoms with Gasteiger partial charge >= 0.3 is 6.18 Å². The smallest absolute Gasteiger partial charge is 0.405 e. The van der Waals surface area contributed by atoms with Crippen LogP contribution in [0.5, 0.6) is 5.75 Å². The number of amides is 1. The summed E-state index contributed by atoms with van der Waals surface area (Å²) < 4.78 is 42.3. The SMILES string of the molecule is O=C(CNCC1=Cc2cc(Br)ccc2OC1)NCC(F)(F)F. The third-order valence-corrected chi connectivity index (χ3v) is 3.36. The van der Waals surface area contributed by atoms with Crippen molar-refractivity contribution < 1.29 is 22.7 Å². The third-order valence-electron chi connectivity index (χ3n) is 2.87. The van der Waals surface area contributed by atoms with Crippen molar-refractivity contribution in [3.63, 3.8) is 0 Å². The molecule has 0 radical (unpaired) electrons. The molecular formula is C14H14BrF3N2O2. The molecule has 1 amide bonds. The van der Waals surface area contributed by atoms with Crippen molar-refractivity contribution in [2.24, 2.45) is 0 Å². The highest BCUT2D eigenvalue weighted by molar-refractivity contribution is 9.10. The lowest BCUT2D eigenvalue weighted by atomic mass is 10.1. The van der Waals surface area contributed by atoms with Crippen LogP contribution in [-0.4, -0.2) is 38.3 Å². The monoisotopic (exact) mass is 378 g/mol. The van der Waals surface area contributed by atoms with E-state index >= 15 is 0 Å². The van der Waals surface area contributed by atoms with Gasteiger partial charge in [0, 0.05) is 16.6 Å². The summed E-state index contributed by atoms with van der Waals surface area (Å²) in [6.07, 6.45) is -2.46. The molecule has 0 unspecified atom stereocenters. The van der Waals surface area contributed by atoms with Crippen LogP contribution in [0.3, 0.4) is 0 Å². The molecule has 0 fully saturated rings. The number of nitrogens with one attached hydrogen (secondary N) is 2. The fraction of sp³-hybridized carbons (Fsp3) is 0.357. The normalized spacial score (nSPS) is 13.9. The number of carbonyl (C=O) groups is 1. The van der Waals surface area contributed by atoms with Gasteiger partial charge in [-0.15, -0.1) is 0 Å². The van der Waals surface area contributed by atoms with E-state index in [1.165, 1.54) is 0 Å². The number of ether oxygens (including phenoxy) is 1. The number of fused-ring (bicyclic) bond motifs is 1. The van der Waals surface area contributed by atoms with Gasteiger partial charge in [0.2, 0.25) is 5.91 Å². The van der Waals surface area contributed by atoms with E-state index in [2.05, 4.69) is 21.2 Å². The highest BCUT2D eigenvalue weighted by atomic mass is 79.9. The minimum atomic E-state index is -4.40. The summed E-state index contributed by atoms with van der Waals surface area (Å²) in [6, 6.07) is 5.64. The van der Waals surface area contributed by atoms with E-state index in [0.717, 1.165) is 21.4 Å². The Bertz CT molecular complexity index is 588. The van der Waals surface area contributed by atoms with Crippen molar-refractivity contribution in [1.82, 2.24) is 10.6 Å². The van der Waals surface area contributed by atoms with Crippen LogP contribution in [0.15, 0.2) is 28.2 Å². The van der Waals surface area contributed by atoms with Gasteiger partial charge in [0.25, 0.3) is 0 Å². The first-order valence-corrected chi connectivity index (χ1v) is 7.29. The summed E-state index contributed by atoms with van der Waals surface area (Å²) >= 11 is 3.37. The highest BCUT2D eigenvalue weighted by Crippen LogP contribution is 2.28. The standard InChI is InChI=1S/C14H14BrF3N2O2/c15-11-1-2-12-10(4-11)3-9(7-22-12)5-19-6-13(21)20-8-14(16,17)18/h1-4,19H,5-8H2,(H,20,21). The lowest BCUT2D eigenvalue weighted by Crippen LogP contribution is -2.39. The zero-order chi connectivity index (χ0) is 16.2. The summed E-state index contributed by atoms with van der Waals surface area (Å²) in [7, 11) is 0. The number of benzene rings is 1. The average molecular weight is 379 g/mol. The summed E-state index contributed by atoms with van der Waals surface area (Å²) in [4.78, 5) is 11.2. The van der Waals surface area contributed by atoms with Crippen molar-refractivity contribution in [2.75, 3.05) is 26.2 Å². The van der Waals surface area contributed by atoms with Gasteiger partial charge in [-0.25, -0.2) is 0 Å². The largest absolute Gasteiger partial charge is 0.489 e. The van der Waals surface area contributed by atoms with E-state index in [4.69, 9.17) is 4.74 Å². The van der Waals surface area contributed by atoms with Crippen molar-refractivity contribution in [1.29, 1.82) is 0 Å². The second-order valence-corrected chi connectivity index (χ2v) is 5.68. The Labute approximate surface area is 133 Å². The lowest BCUT2D eigenvalue weighted by Gasteiger charge is -2.18. The first-order valence-electron chi connectivity index (χ1n) is 6.49. The van der Waals surface area contributed by atoms with Gasteiger partial charge in [-0.3, -0.25) is 4.79 Å². The van der Waals surface area contributed by atoms with Crippen LogP contribution >= 0.6 is 15.9 Å². The molecule has 0 saturated heterocycles. The maximum absolute atomic E-state index is 11.9. The number of hydrogen-bond acceptors (Lipinski definition) is 3. The summed E-state index contributed by atoms with van der Waals surface area (Å²) in [6.45, 7) is -0.753. The van der Waals surface area contributed by atoms with Crippen LogP contribution in [0.4, 0.5) is 13.2 Å². The highest BCUT2D eigenvalue weighted by Gasteiger charge is 2.27. The number of halogens is 4. The second-order valence-electron chi connectivity index (χ2n) is 4.77. The molecule has 1 aromatic rings. The van der Waals surface area contributed by atoms with Crippen LogP contribution < -0.4 is 15.4 Å². The number of rotatable bonds is 5. The predicted octanol–water partition coefficient (Wildman–Crippen LogP) is 2.49. The summed E-state index contributed by atoms with van der Waals surface area (Å²) in [5.41, 5.74) is 1.83. The molecule has 4 nitrogen and oxygen atoms in total. The first kappa shape index (κ1) is 16.8. The Hall–Kier alpha value is -1.54. The predicted molar refractivity (Wildman–Crippen MR) is 79.5 cm³/mol. The number of alkyl halides is 3. The van der Waals surface area contributed by atoms with E-state index in [1.807, 2.05) is 24.3 Å². The number of hydrogen-bond donors (Lipinski definition) is 2. The molecule has 0 atom stereocenters. The summed E-state index contributed by atoms with van der Waals surface area (Å²) in [5.74, 6) is 0.0765. The van der Waals surface area contributed by atoms with Gasteiger partial charge in [0.05, 0.1) is 6.54 Å². The Balaban J connectivity index is 1.79. The second kappa shape index (κ2) is 7.15. The van der Waals surface area contributed by atoms with E-state index < -0.39 is 18.6 Å². The van der Waals surface area contributed by atoms with Gasteiger partial charge < -0.3 is 15.4 Å². The van der Waals surface area contributed by atoms with Gasteiger partial charge in [0.1, 0.15) is 18.9 Å². The molecule has 0 aromatic heterocycles. The Morgan fingerprint density at radius 3 is 2.86 bits per heavy atom. The Morgan fingerprint density at radius 2 is 2.14 bits per heavy atom. The molecular weight excluding hydrogens is 365 g/mol. The quantitative estimate of drug-likeness (QED) is 0.827. The van der Waals surface area contributed by atoms with E-state index in [0.29, 0.717) is 13.2 Å². The molecule has 120 valence electrons. The van der Waals surface area contributed by atoms with Crippen LogP contribution in [0.1, 0.15) is 5.56 Å². The molecule has 0 spiro atoms. The van der Waals surface area contributed by atoms with Crippen molar-refractivity contribution >= 4 is 27.9 Å². The van der Waals surface area contributed by atoms with Crippen LogP contribution in [-0.2, 0) is 4.79 Å². The molecule has 2 N–H and O–H groups in total. The summed E-state index contributed by atoms with van der Waals surface area (Å²) in [5, 5.41) is 4.60. The zero-order valence-corrected chi connectivity index (χ0v) is 13.1. The van der Waals surface area contributed by atoms with Gasteiger partial charge in [-0.05, 0) is 29.8 Å². The van der Waals surface area contributed by atoms with E-state index in [9.17, 15) is 18.0 Å². The van der Waals surface area contributed by atoms with E-state index in [-0.39, 0.29) is 6.54 Å². The zero-order valence-electron chi connectivity index (χ0n) is 11.5. The molecule has 8 heteroatoms. The number of carbonyl (C=O) groups excluding carboxylic acids is 1. The molecule has 1 heterocycles. The molecule has 0 bridgehead atoms.